The first-order valence-electron chi connectivity index (χ1n) is 16.2. The van der Waals surface area contributed by atoms with E-state index in [1.807, 2.05) is 0 Å². The maximum Gasteiger partial charge on any atom is 0.0467 e. The third-order valence-corrected chi connectivity index (χ3v) is 8.63. The van der Waals surface area contributed by atoms with Crippen molar-refractivity contribution in [2.75, 3.05) is 4.90 Å². The van der Waals surface area contributed by atoms with E-state index < -0.39 is 0 Å². The number of hydrogen-bond donors (Lipinski definition) is 1. The minimum atomic E-state index is 0.546. The summed E-state index contributed by atoms with van der Waals surface area (Å²) in [6.07, 6.45) is 0. The van der Waals surface area contributed by atoms with Gasteiger partial charge in [0.05, 0.1) is 0 Å². The van der Waals surface area contributed by atoms with Crippen molar-refractivity contribution in [1.29, 1.82) is 0 Å². The highest BCUT2D eigenvalue weighted by atomic mass is 15.1. The van der Waals surface area contributed by atoms with Gasteiger partial charge in [-0.25, -0.2) is 0 Å². The first-order chi connectivity index (χ1) is 21.1. The van der Waals surface area contributed by atoms with Gasteiger partial charge in [-0.15, -0.1) is 0 Å². The summed E-state index contributed by atoms with van der Waals surface area (Å²) >= 11 is 0. The maximum absolute atomic E-state index is 3.57. The van der Waals surface area contributed by atoms with Gasteiger partial charge in [0.2, 0.25) is 0 Å². The number of para-hydroxylation sites is 1. The van der Waals surface area contributed by atoms with Gasteiger partial charge in [-0.05, 0) is 94.5 Å². The van der Waals surface area contributed by atoms with Gasteiger partial charge < -0.3 is 9.88 Å². The topological polar surface area (TPSA) is 19.0 Å². The minimum absolute atomic E-state index is 0.546. The number of nitrogens with one attached hydrogen (secondary N) is 1. The molecule has 0 aliphatic rings. The Morgan fingerprint density at radius 1 is 0.386 bits per heavy atom. The Morgan fingerprint density at radius 3 is 1.09 bits per heavy atom. The van der Waals surface area contributed by atoms with Crippen LogP contribution in [-0.4, -0.2) is 4.98 Å². The molecular formula is C42H48N2. The van der Waals surface area contributed by atoms with E-state index in [0.717, 1.165) is 0 Å². The highest BCUT2D eigenvalue weighted by Gasteiger charge is 2.13. The van der Waals surface area contributed by atoms with Crippen molar-refractivity contribution in [1.82, 2.24) is 4.98 Å². The number of H-pyrrole nitrogens is 1. The summed E-state index contributed by atoms with van der Waals surface area (Å²) in [5.74, 6) is 2.23. The highest BCUT2D eigenvalue weighted by Crippen LogP contribution is 2.36. The molecule has 0 amide bonds. The summed E-state index contributed by atoms with van der Waals surface area (Å²) in [5, 5.41) is 2.66. The number of hydrogen-bond acceptors (Lipinski definition) is 1. The molecule has 0 spiro atoms. The molecule has 0 atom stereocenters. The number of fused-ring (bicyclic) bond motifs is 3. The second-order valence-electron chi connectivity index (χ2n) is 13.2. The van der Waals surface area contributed by atoms with Crippen molar-refractivity contribution in [3.05, 3.63) is 138 Å². The van der Waals surface area contributed by atoms with Crippen LogP contribution in [0.3, 0.4) is 0 Å². The number of rotatable bonds is 7. The van der Waals surface area contributed by atoms with E-state index in [-0.39, 0.29) is 0 Å². The fraction of sp³-hybridized carbons (Fsp3) is 0.286. The SMILES string of the molecule is CC(C)c1ccc(N(c2ccccc2)c2ccc(C(C)C)cc2)cc1.CC(C)c1ccc2c(c1)[nH]c1cc(C(C)C)ccc12. The van der Waals surface area contributed by atoms with Crippen LogP contribution in [-0.2, 0) is 0 Å². The molecule has 0 bridgehead atoms. The zero-order valence-corrected chi connectivity index (χ0v) is 27.7. The molecule has 2 nitrogen and oxygen atoms in total. The summed E-state index contributed by atoms with van der Waals surface area (Å²) in [7, 11) is 0. The monoisotopic (exact) mass is 580 g/mol. The smallest absolute Gasteiger partial charge is 0.0467 e. The normalized spacial score (nSPS) is 11.5. The van der Waals surface area contributed by atoms with Gasteiger partial charge in [-0.2, -0.15) is 0 Å². The minimum Gasteiger partial charge on any atom is -0.354 e. The first kappa shape index (κ1) is 31.1. The standard InChI is InChI=1S/C24H27N.C18H21N/c1-18(2)20-10-14-23(15-11-20)25(22-8-6-5-7-9-22)24-16-12-21(13-17-24)19(3)4;1-11(2)13-5-7-15-16-8-6-14(12(3)4)10-18(16)19-17(15)9-13/h5-19H,1-4H3;5-12,19H,1-4H3. The van der Waals surface area contributed by atoms with Crippen molar-refractivity contribution in [2.24, 2.45) is 0 Å². The molecule has 0 unspecified atom stereocenters. The summed E-state index contributed by atoms with van der Waals surface area (Å²) in [6, 6.07) is 41.9. The summed E-state index contributed by atoms with van der Waals surface area (Å²) in [6.45, 7) is 17.9. The molecule has 5 aromatic carbocycles. The Hall–Kier alpha value is -4.30. The number of benzene rings is 5. The van der Waals surface area contributed by atoms with Crippen molar-refractivity contribution in [3.8, 4) is 0 Å². The molecule has 1 aromatic heterocycles. The molecule has 226 valence electrons. The van der Waals surface area contributed by atoms with Gasteiger partial charge >= 0.3 is 0 Å². The van der Waals surface area contributed by atoms with E-state index in [9.17, 15) is 0 Å². The van der Waals surface area contributed by atoms with Crippen LogP contribution in [0.2, 0.25) is 0 Å². The molecule has 2 heteroatoms. The van der Waals surface area contributed by atoms with Crippen LogP contribution in [0.1, 0.15) is 101 Å². The third kappa shape index (κ3) is 6.91. The molecule has 0 fully saturated rings. The van der Waals surface area contributed by atoms with E-state index >= 15 is 0 Å². The van der Waals surface area contributed by atoms with Crippen LogP contribution in [0.5, 0.6) is 0 Å². The Balaban J connectivity index is 0.000000181. The third-order valence-electron chi connectivity index (χ3n) is 8.63. The van der Waals surface area contributed by atoms with Crippen molar-refractivity contribution in [3.63, 3.8) is 0 Å². The largest absolute Gasteiger partial charge is 0.354 e. The van der Waals surface area contributed by atoms with Crippen LogP contribution in [0.15, 0.2) is 115 Å². The molecule has 0 saturated carbocycles. The van der Waals surface area contributed by atoms with E-state index in [1.54, 1.807) is 0 Å². The second kappa shape index (κ2) is 13.6. The van der Waals surface area contributed by atoms with E-state index in [1.165, 1.54) is 61.1 Å². The maximum atomic E-state index is 3.57. The van der Waals surface area contributed by atoms with E-state index in [2.05, 4.69) is 181 Å². The fourth-order valence-corrected chi connectivity index (χ4v) is 5.70. The Bertz CT molecular complexity index is 1670. The number of aromatic amines is 1. The van der Waals surface area contributed by atoms with Crippen LogP contribution >= 0.6 is 0 Å². The Labute approximate surface area is 264 Å². The van der Waals surface area contributed by atoms with Crippen LogP contribution < -0.4 is 4.90 Å². The van der Waals surface area contributed by atoms with Gasteiger partial charge in [0.1, 0.15) is 0 Å². The van der Waals surface area contributed by atoms with Gasteiger partial charge in [-0.3, -0.25) is 0 Å². The lowest BCUT2D eigenvalue weighted by molar-refractivity contribution is 0.866. The number of nitrogens with zero attached hydrogens (tertiary/aromatic N) is 1. The molecular weight excluding hydrogens is 532 g/mol. The Kier molecular flexibility index (Phi) is 9.59. The van der Waals surface area contributed by atoms with Crippen molar-refractivity contribution < 1.29 is 0 Å². The number of aromatic nitrogens is 1. The summed E-state index contributed by atoms with van der Waals surface area (Å²) in [4.78, 5) is 5.88. The van der Waals surface area contributed by atoms with Crippen molar-refractivity contribution in [2.45, 2.75) is 79.1 Å². The zero-order chi connectivity index (χ0) is 31.4. The van der Waals surface area contributed by atoms with Crippen LogP contribution in [0.4, 0.5) is 17.1 Å². The van der Waals surface area contributed by atoms with Crippen LogP contribution in [0.25, 0.3) is 21.8 Å². The summed E-state index contributed by atoms with van der Waals surface area (Å²) in [5.41, 5.74) is 11.6. The molecule has 0 radical (unpaired) electrons. The molecule has 0 saturated heterocycles. The second-order valence-corrected chi connectivity index (χ2v) is 13.2. The molecule has 0 aliphatic heterocycles. The van der Waals surface area contributed by atoms with Gasteiger partial charge in [-0.1, -0.05) is 122 Å². The van der Waals surface area contributed by atoms with Crippen LogP contribution in [0, 0.1) is 0 Å². The average molecular weight is 581 g/mol. The lowest BCUT2D eigenvalue weighted by Crippen LogP contribution is -2.10. The van der Waals surface area contributed by atoms with Gasteiger partial charge in [0.25, 0.3) is 0 Å². The molecule has 44 heavy (non-hydrogen) atoms. The molecule has 0 aliphatic carbocycles. The van der Waals surface area contributed by atoms with E-state index in [4.69, 9.17) is 0 Å². The van der Waals surface area contributed by atoms with Crippen molar-refractivity contribution >= 4 is 38.9 Å². The lowest BCUT2D eigenvalue weighted by Gasteiger charge is -2.26. The Morgan fingerprint density at radius 2 is 0.727 bits per heavy atom. The quantitative estimate of drug-likeness (QED) is 0.199. The average Bonchev–Trinajstić information content (AvgIpc) is 3.40. The first-order valence-corrected chi connectivity index (χ1v) is 16.2. The zero-order valence-electron chi connectivity index (χ0n) is 27.7. The fourth-order valence-electron chi connectivity index (χ4n) is 5.70. The summed E-state index contributed by atoms with van der Waals surface area (Å²) < 4.78 is 0. The predicted molar refractivity (Wildman–Crippen MR) is 193 cm³/mol. The number of anilines is 3. The molecule has 6 rings (SSSR count). The molecule has 1 N–H and O–H groups in total. The predicted octanol–water partition coefficient (Wildman–Crippen LogP) is 13.0. The molecule has 6 aromatic rings. The molecule has 1 heterocycles. The lowest BCUT2D eigenvalue weighted by atomic mass is 10.00. The van der Waals surface area contributed by atoms with Gasteiger partial charge in [0.15, 0.2) is 0 Å². The van der Waals surface area contributed by atoms with E-state index in [0.29, 0.717) is 23.7 Å². The highest BCUT2D eigenvalue weighted by molar-refractivity contribution is 6.07. The van der Waals surface area contributed by atoms with Gasteiger partial charge in [0, 0.05) is 38.9 Å².